The summed E-state index contributed by atoms with van der Waals surface area (Å²) >= 11 is 0. The molecule has 0 saturated carbocycles. The van der Waals surface area contributed by atoms with E-state index in [-0.39, 0.29) is 5.91 Å². The third-order valence-corrected chi connectivity index (χ3v) is 5.57. The Morgan fingerprint density at radius 1 is 1.00 bits per heavy atom. The molecule has 0 fully saturated rings. The molecule has 4 rings (SSSR count). The highest BCUT2D eigenvalue weighted by atomic mass is 16.6. The summed E-state index contributed by atoms with van der Waals surface area (Å²) in [6.07, 6.45) is 3.68. The average Bonchev–Trinajstić information content (AvgIpc) is 3.26. The first-order valence-corrected chi connectivity index (χ1v) is 11.0. The standard InChI is InChI=1S/C26H30N4O3/c1-26(2,3)33-25(32)28-21(14-18-16-30(5)22-9-7-6-8-20(18)22)24(31)27-19-11-10-17-12-13-29(4)23(17)15-19/h6-13,15-16,21H,14H2,1-5H3,(H,27,31)(H,28,32)/t21-/m1/s1. The van der Waals surface area contributed by atoms with Crippen LogP contribution in [-0.2, 0) is 30.0 Å². The van der Waals surface area contributed by atoms with Gasteiger partial charge in [0.25, 0.3) is 0 Å². The summed E-state index contributed by atoms with van der Waals surface area (Å²) < 4.78 is 9.45. The number of anilines is 1. The molecule has 7 heteroatoms. The van der Waals surface area contributed by atoms with Gasteiger partial charge in [-0.2, -0.15) is 0 Å². The second kappa shape index (κ2) is 8.65. The van der Waals surface area contributed by atoms with E-state index in [4.69, 9.17) is 4.74 Å². The van der Waals surface area contributed by atoms with E-state index in [1.54, 1.807) is 20.8 Å². The second-order valence-electron chi connectivity index (χ2n) is 9.37. The Hall–Kier alpha value is -3.74. The summed E-state index contributed by atoms with van der Waals surface area (Å²) in [6.45, 7) is 5.38. The number of amides is 2. The maximum atomic E-state index is 13.3. The highest BCUT2D eigenvalue weighted by Crippen LogP contribution is 2.23. The van der Waals surface area contributed by atoms with Gasteiger partial charge in [0.05, 0.1) is 0 Å². The van der Waals surface area contributed by atoms with Gasteiger partial charge in [0.2, 0.25) is 5.91 Å². The summed E-state index contributed by atoms with van der Waals surface area (Å²) in [7, 11) is 3.93. The van der Waals surface area contributed by atoms with Crippen LogP contribution >= 0.6 is 0 Å². The predicted molar refractivity (Wildman–Crippen MR) is 131 cm³/mol. The van der Waals surface area contributed by atoms with E-state index in [1.807, 2.05) is 84.2 Å². The first kappa shape index (κ1) is 22.5. The number of alkyl carbamates (subject to hydrolysis) is 1. The largest absolute Gasteiger partial charge is 0.444 e. The van der Waals surface area contributed by atoms with Gasteiger partial charge >= 0.3 is 6.09 Å². The number of ether oxygens (including phenoxy) is 1. The van der Waals surface area contributed by atoms with Crippen molar-refractivity contribution in [2.75, 3.05) is 5.32 Å². The van der Waals surface area contributed by atoms with Crippen LogP contribution in [0.1, 0.15) is 26.3 Å². The number of hydrogen-bond donors (Lipinski definition) is 2. The summed E-state index contributed by atoms with van der Waals surface area (Å²) in [5.74, 6) is -0.303. The molecule has 2 amide bonds. The molecule has 4 aromatic rings. The van der Waals surface area contributed by atoms with E-state index in [2.05, 4.69) is 10.6 Å². The molecule has 0 bridgehead atoms. The van der Waals surface area contributed by atoms with Crippen molar-refractivity contribution in [3.8, 4) is 0 Å². The van der Waals surface area contributed by atoms with Crippen molar-refractivity contribution < 1.29 is 14.3 Å². The highest BCUT2D eigenvalue weighted by molar-refractivity contribution is 5.99. The second-order valence-corrected chi connectivity index (χ2v) is 9.37. The van der Waals surface area contributed by atoms with Crippen LogP contribution in [0.3, 0.4) is 0 Å². The van der Waals surface area contributed by atoms with Gasteiger partial charge in [-0.1, -0.05) is 24.3 Å². The van der Waals surface area contributed by atoms with Gasteiger partial charge in [-0.15, -0.1) is 0 Å². The van der Waals surface area contributed by atoms with Crippen LogP contribution in [0.2, 0.25) is 0 Å². The van der Waals surface area contributed by atoms with Crippen LogP contribution in [0.15, 0.2) is 60.9 Å². The minimum atomic E-state index is -0.810. The van der Waals surface area contributed by atoms with E-state index < -0.39 is 17.7 Å². The number of nitrogens with zero attached hydrogens (tertiary/aromatic N) is 2. The lowest BCUT2D eigenvalue weighted by Gasteiger charge is -2.23. The number of fused-ring (bicyclic) bond motifs is 2. The number of rotatable bonds is 5. The molecule has 2 aromatic heterocycles. The number of carbonyl (C=O) groups is 2. The molecule has 0 aliphatic heterocycles. The third kappa shape index (κ3) is 5.03. The Balaban J connectivity index is 1.61. The fourth-order valence-electron chi connectivity index (χ4n) is 4.04. The van der Waals surface area contributed by atoms with E-state index in [9.17, 15) is 9.59 Å². The number of aryl methyl sites for hydroxylation is 2. The fourth-order valence-corrected chi connectivity index (χ4v) is 4.04. The summed E-state index contributed by atoms with van der Waals surface area (Å²) in [5.41, 5.74) is 3.06. The highest BCUT2D eigenvalue weighted by Gasteiger charge is 2.26. The van der Waals surface area contributed by atoms with E-state index in [0.717, 1.165) is 27.4 Å². The summed E-state index contributed by atoms with van der Waals surface area (Å²) in [6, 6.07) is 15.0. The third-order valence-electron chi connectivity index (χ3n) is 5.57. The molecule has 7 nitrogen and oxygen atoms in total. The van der Waals surface area contributed by atoms with Gasteiger partial charge < -0.3 is 24.5 Å². The molecule has 33 heavy (non-hydrogen) atoms. The zero-order valence-corrected chi connectivity index (χ0v) is 19.7. The molecule has 0 unspecified atom stereocenters. The minimum absolute atomic E-state index is 0.303. The van der Waals surface area contributed by atoms with Crippen molar-refractivity contribution in [2.45, 2.75) is 38.8 Å². The van der Waals surface area contributed by atoms with Gasteiger partial charge in [0, 0.05) is 55.0 Å². The lowest BCUT2D eigenvalue weighted by atomic mass is 10.0. The summed E-state index contributed by atoms with van der Waals surface area (Å²) in [5, 5.41) is 7.88. The van der Waals surface area contributed by atoms with Crippen LogP contribution < -0.4 is 10.6 Å². The Labute approximate surface area is 193 Å². The molecule has 0 radical (unpaired) electrons. The first-order chi connectivity index (χ1) is 15.6. The zero-order valence-electron chi connectivity index (χ0n) is 19.7. The van der Waals surface area contributed by atoms with Gasteiger partial charge in [0.15, 0.2) is 0 Å². The molecule has 0 spiro atoms. The monoisotopic (exact) mass is 446 g/mol. The van der Waals surface area contributed by atoms with Crippen LogP contribution in [0.4, 0.5) is 10.5 Å². The van der Waals surface area contributed by atoms with Crippen molar-refractivity contribution in [1.82, 2.24) is 14.5 Å². The van der Waals surface area contributed by atoms with Gasteiger partial charge in [0.1, 0.15) is 11.6 Å². The smallest absolute Gasteiger partial charge is 0.408 e. The summed E-state index contributed by atoms with van der Waals surface area (Å²) in [4.78, 5) is 25.9. The maximum Gasteiger partial charge on any atom is 0.408 e. The molecule has 0 aliphatic rings. The number of hydrogen-bond acceptors (Lipinski definition) is 3. The van der Waals surface area contributed by atoms with Gasteiger partial charge in [-0.05, 0) is 56.0 Å². The molecule has 2 aromatic carbocycles. The maximum absolute atomic E-state index is 13.3. The Morgan fingerprint density at radius 2 is 1.76 bits per heavy atom. The molecule has 0 saturated heterocycles. The average molecular weight is 447 g/mol. The fraction of sp³-hybridized carbons (Fsp3) is 0.308. The minimum Gasteiger partial charge on any atom is -0.444 e. The lowest BCUT2D eigenvalue weighted by molar-refractivity contribution is -0.118. The van der Waals surface area contributed by atoms with E-state index >= 15 is 0 Å². The molecular formula is C26H30N4O3. The van der Waals surface area contributed by atoms with Gasteiger partial charge in [-0.25, -0.2) is 4.79 Å². The quantitative estimate of drug-likeness (QED) is 0.465. The molecule has 0 aliphatic carbocycles. The number of nitrogens with one attached hydrogen (secondary N) is 2. The topological polar surface area (TPSA) is 77.3 Å². The molecule has 2 heterocycles. The molecular weight excluding hydrogens is 416 g/mol. The number of carbonyl (C=O) groups excluding carboxylic acids is 2. The van der Waals surface area contributed by atoms with Crippen molar-refractivity contribution in [3.63, 3.8) is 0 Å². The Morgan fingerprint density at radius 3 is 2.52 bits per heavy atom. The SMILES string of the molecule is Cn1ccc2ccc(NC(=O)[C@@H](Cc3cn(C)c4ccccc34)NC(=O)OC(C)(C)C)cc21. The normalized spacial score (nSPS) is 12.6. The van der Waals surface area contributed by atoms with Crippen LogP contribution in [0, 0.1) is 0 Å². The lowest BCUT2D eigenvalue weighted by Crippen LogP contribution is -2.47. The van der Waals surface area contributed by atoms with Gasteiger partial charge in [-0.3, -0.25) is 4.79 Å². The first-order valence-electron chi connectivity index (χ1n) is 11.0. The van der Waals surface area contributed by atoms with Crippen molar-refractivity contribution in [2.24, 2.45) is 14.1 Å². The van der Waals surface area contributed by atoms with Crippen LogP contribution in [0.5, 0.6) is 0 Å². The Kier molecular flexibility index (Phi) is 5.89. The number of para-hydroxylation sites is 1. The van der Waals surface area contributed by atoms with Crippen molar-refractivity contribution in [3.05, 3.63) is 66.5 Å². The Bertz CT molecular complexity index is 1330. The van der Waals surface area contributed by atoms with Crippen molar-refractivity contribution >= 4 is 39.5 Å². The van der Waals surface area contributed by atoms with E-state index in [1.165, 1.54) is 0 Å². The van der Waals surface area contributed by atoms with Crippen LogP contribution in [0.25, 0.3) is 21.8 Å². The van der Waals surface area contributed by atoms with Crippen LogP contribution in [-0.4, -0.2) is 32.8 Å². The molecule has 2 N–H and O–H groups in total. The number of aromatic nitrogens is 2. The van der Waals surface area contributed by atoms with E-state index in [0.29, 0.717) is 12.1 Å². The number of benzene rings is 2. The molecule has 172 valence electrons. The predicted octanol–water partition coefficient (Wildman–Crippen LogP) is 4.74. The zero-order chi connectivity index (χ0) is 23.8. The molecule has 1 atom stereocenters. The van der Waals surface area contributed by atoms with Crippen molar-refractivity contribution in [1.29, 1.82) is 0 Å².